The molecule has 0 aromatic heterocycles. The molecular weight excluding hydrogens is 454 g/mol. The number of para-hydroxylation sites is 1. The van der Waals surface area contributed by atoms with Crippen molar-refractivity contribution in [1.82, 2.24) is 10.2 Å². The summed E-state index contributed by atoms with van der Waals surface area (Å²) < 4.78 is 5.22. The molecule has 2 unspecified atom stereocenters. The van der Waals surface area contributed by atoms with Crippen molar-refractivity contribution in [2.75, 3.05) is 5.32 Å². The molecule has 0 heterocycles. The molecule has 0 bridgehead atoms. The van der Waals surface area contributed by atoms with Crippen LogP contribution in [-0.2, 0) is 14.3 Å². The first-order valence-electron chi connectivity index (χ1n) is 10.8. The van der Waals surface area contributed by atoms with Gasteiger partial charge >= 0.3 is 6.09 Å². The molecule has 2 aromatic carbocycles. The Bertz CT molecular complexity index is 1100. The van der Waals surface area contributed by atoms with Crippen molar-refractivity contribution in [2.45, 2.75) is 59.2 Å². The highest BCUT2D eigenvalue weighted by atomic mass is 35.5. The number of terminal acetylenes is 1. The van der Waals surface area contributed by atoms with E-state index in [1.807, 2.05) is 19.1 Å². The van der Waals surface area contributed by atoms with E-state index in [-0.39, 0.29) is 0 Å². The van der Waals surface area contributed by atoms with Crippen LogP contribution in [0.15, 0.2) is 42.5 Å². The third kappa shape index (κ3) is 6.75. The van der Waals surface area contributed by atoms with Crippen LogP contribution < -0.4 is 10.6 Å². The predicted molar refractivity (Wildman–Crippen MR) is 133 cm³/mol. The molecule has 0 radical (unpaired) electrons. The van der Waals surface area contributed by atoms with E-state index in [0.717, 1.165) is 16.0 Å². The van der Waals surface area contributed by atoms with Crippen molar-refractivity contribution in [3.63, 3.8) is 0 Å². The maximum Gasteiger partial charge on any atom is 0.408 e. The molecule has 34 heavy (non-hydrogen) atoms. The number of hydrogen-bond acceptors (Lipinski definition) is 4. The summed E-state index contributed by atoms with van der Waals surface area (Å²) in [5.41, 5.74) is 1.74. The molecule has 0 saturated heterocycles. The molecule has 180 valence electrons. The number of carbonyl (C=O) groups is 3. The third-order valence-electron chi connectivity index (χ3n) is 4.94. The van der Waals surface area contributed by atoms with Crippen molar-refractivity contribution in [3.8, 4) is 12.5 Å². The Morgan fingerprint density at radius 3 is 2.24 bits per heavy atom. The van der Waals surface area contributed by atoms with Gasteiger partial charge in [0.25, 0.3) is 11.8 Å². The average Bonchev–Trinajstić information content (AvgIpc) is 2.73. The highest BCUT2D eigenvalue weighted by Crippen LogP contribution is 2.30. The quantitative estimate of drug-likeness (QED) is 0.448. The molecule has 0 fully saturated rings. The first kappa shape index (κ1) is 26.7. The van der Waals surface area contributed by atoms with Gasteiger partial charge in [-0.2, -0.15) is 0 Å². The summed E-state index contributed by atoms with van der Waals surface area (Å²) in [6.07, 6.45) is 4.96. The SMILES string of the molecule is C#CN(C(=O)C(C)NC(=O)OC(C)(C)C)C(C(=O)Nc1c(C)cccc1Cl)c1ccccc1C. The molecule has 0 aliphatic heterocycles. The van der Waals surface area contributed by atoms with Gasteiger partial charge in [0, 0.05) is 6.04 Å². The van der Waals surface area contributed by atoms with Gasteiger partial charge in [-0.1, -0.05) is 54.4 Å². The number of alkyl carbamates (subject to hydrolysis) is 1. The average molecular weight is 484 g/mol. The normalized spacial score (nSPS) is 12.6. The highest BCUT2D eigenvalue weighted by Gasteiger charge is 2.35. The molecule has 2 N–H and O–H groups in total. The maximum absolute atomic E-state index is 13.5. The van der Waals surface area contributed by atoms with Crippen LogP contribution >= 0.6 is 11.6 Å². The molecule has 8 heteroatoms. The molecule has 2 aromatic rings. The van der Waals surface area contributed by atoms with E-state index in [1.165, 1.54) is 6.92 Å². The lowest BCUT2D eigenvalue weighted by molar-refractivity contribution is -0.136. The number of nitrogens with zero attached hydrogens (tertiary/aromatic N) is 1. The second kappa shape index (κ2) is 11.1. The van der Waals surface area contributed by atoms with E-state index in [0.29, 0.717) is 16.3 Å². The predicted octanol–water partition coefficient (Wildman–Crippen LogP) is 4.97. The number of halogens is 1. The topological polar surface area (TPSA) is 87.7 Å². The number of hydrogen-bond donors (Lipinski definition) is 2. The number of nitrogens with one attached hydrogen (secondary N) is 2. The Balaban J connectivity index is 2.42. The van der Waals surface area contributed by atoms with Crippen molar-refractivity contribution in [1.29, 1.82) is 0 Å². The fourth-order valence-corrected chi connectivity index (χ4v) is 3.56. The molecule has 2 atom stereocenters. The van der Waals surface area contributed by atoms with Crippen LogP contribution in [0.25, 0.3) is 0 Å². The smallest absolute Gasteiger partial charge is 0.408 e. The van der Waals surface area contributed by atoms with Crippen LogP contribution in [0.2, 0.25) is 5.02 Å². The molecule has 0 aliphatic carbocycles. The fourth-order valence-electron chi connectivity index (χ4n) is 3.29. The molecular formula is C26H30ClN3O4. The number of amides is 3. The number of carbonyl (C=O) groups excluding carboxylic acids is 3. The van der Waals surface area contributed by atoms with Gasteiger partial charge in [0.05, 0.1) is 10.7 Å². The Morgan fingerprint density at radius 1 is 1.06 bits per heavy atom. The Labute approximate surface area is 205 Å². The van der Waals surface area contributed by atoms with Gasteiger partial charge in [0.15, 0.2) is 0 Å². The third-order valence-corrected chi connectivity index (χ3v) is 5.25. The van der Waals surface area contributed by atoms with Crippen LogP contribution in [0.3, 0.4) is 0 Å². The summed E-state index contributed by atoms with van der Waals surface area (Å²) >= 11 is 6.30. The van der Waals surface area contributed by atoms with E-state index in [9.17, 15) is 14.4 Å². The van der Waals surface area contributed by atoms with Crippen LogP contribution in [0.5, 0.6) is 0 Å². The molecule has 0 aliphatic rings. The summed E-state index contributed by atoms with van der Waals surface area (Å²) in [6.45, 7) is 10.2. The van der Waals surface area contributed by atoms with Gasteiger partial charge in [-0.3, -0.25) is 14.5 Å². The first-order valence-corrected chi connectivity index (χ1v) is 11.1. The van der Waals surface area contributed by atoms with Gasteiger partial charge in [-0.15, -0.1) is 0 Å². The van der Waals surface area contributed by atoms with Crippen molar-refractivity contribution < 1.29 is 19.1 Å². The summed E-state index contributed by atoms with van der Waals surface area (Å²) in [4.78, 5) is 40.0. The highest BCUT2D eigenvalue weighted by molar-refractivity contribution is 6.34. The number of aryl methyl sites for hydroxylation is 2. The van der Waals surface area contributed by atoms with Gasteiger partial charge in [0.1, 0.15) is 17.7 Å². The van der Waals surface area contributed by atoms with Crippen LogP contribution in [-0.4, -0.2) is 34.5 Å². The van der Waals surface area contributed by atoms with E-state index >= 15 is 0 Å². The minimum absolute atomic E-state index is 0.357. The fraction of sp³-hybridized carbons (Fsp3) is 0.346. The van der Waals surface area contributed by atoms with Gasteiger partial charge < -0.3 is 15.4 Å². The molecule has 0 spiro atoms. The Kier molecular flexibility index (Phi) is 8.72. The number of rotatable bonds is 6. The lowest BCUT2D eigenvalue weighted by atomic mass is 9.98. The largest absolute Gasteiger partial charge is 0.444 e. The second-order valence-electron chi connectivity index (χ2n) is 8.89. The summed E-state index contributed by atoms with van der Waals surface area (Å²) in [6, 6.07) is 12.5. The van der Waals surface area contributed by atoms with Gasteiger partial charge in [0.2, 0.25) is 0 Å². The molecule has 2 rings (SSSR count). The monoisotopic (exact) mass is 483 g/mol. The second-order valence-corrected chi connectivity index (χ2v) is 9.29. The van der Waals surface area contributed by atoms with Crippen LogP contribution in [0, 0.1) is 26.3 Å². The minimum Gasteiger partial charge on any atom is -0.444 e. The summed E-state index contributed by atoms with van der Waals surface area (Å²) in [7, 11) is 0. The zero-order chi connectivity index (χ0) is 25.6. The maximum atomic E-state index is 13.5. The minimum atomic E-state index is -1.17. The Hall–Kier alpha value is -3.50. The first-order chi connectivity index (χ1) is 15.9. The standard InChI is InChI=1S/C26H30ClN3O4/c1-8-30(24(32)18(4)28-25(33)34-26(5,6)7)22(19-14-10-9-12-16(19)2)23(31)29-21-17(3)13-11-15-20(21)27/h1,9-15,18,22H,2-7H3,(H,28,33)(H,29,31). The van der Waals surface area contributed by atoms with E-state index < -0.39 is 35.6 Å². The summed E-state index contributed by atoms with van der Waals surface area (Å²) in [5.74, 6) is -1.19. The van der Waals surface area contributed by atoms with Crippen LogP contribution in [0.4, 0.5) is 10.5 Å². The Morgan fingerprint density at radius 2 is 1.68 bits per heavy atom. The lowest BCUT2D eigenvalue weighted by Crippen LogP contribution is -2.49. The van der Waals surface area contributed by atoms with Crippen molar-refractivity contribution in [2.24, 2.45) is 0 Å². The lowest BCUT2D eigenvalue weighted by Gasteiger charge is -2.30. The van der Waals surface area contributed by atoms with Crippen molar-refractivity contribution >= 4 is 35.2 Å². The molecule has 3 amide bonds. The van der Waals surface area contributed by atoms with Crippen LogP contribution in [0.1, 0.15) is 50.4 Å². The van der Waals surface area contributed by atoms with E-state index in [4.69, 9.17) is 22.8 Å². The van der Waals surface area contributed by atoms with Gasteiger partial charge in [-0.05, 0) is 64.3 Å². The number of anilines is 1. The number of ether oxygens (including phenoxy) is 1. The van der Waals surface area contributed by atoms with E-state index in [2.05, 4.69) is 16.7 Å². The van der Waals surface area contributed by atoms with Crippen molar-refractivity contribution in [3.05, 3.63) is 64.2 Å². The molecule has 0 saturated carbocycles. The summed E-state index contributed by atoms with van der Waals surface area (Å²) in [5, 5.41) is 5.65. The number of benzene rings is 2. The van der Waals surface area contributed by atoms with Gasteiger partial charge in [-0.25, -0.2) is 4.79 Å². The molecule has 7 nitrogen and oxygen atoms in total. The van der Waals surface area contributed by atoms with E-state index in [1.54, 1.807) is 58.0 Å². The zero-order valence-electron chi connectivity index (χ0n) is 20.2. The zero-order valence-corrected chi connectivity index (χ0v) is 21.0.